The molecule has 1 heterocycles. The van der Waals surface area contributed by atoms with Crippen molar-refractivity contribution in [2.45, 2.75) is 29.9 Å². The number of rotatable bonds is 3. The molecule has 1 aliphatic rings. The molecular formula is C14H22N2O3S2. The van der Waals surface area contributed by atoms with Gasteiger partial charge in [0.25, 0.3) is 0 Å². The van der Waals surface area contributed by atoms with Crippen LogP contribution in [0.2, 0.25) is 0 Å². The molecule has 0 unspecified atom stereocenters. The highest BCUT2D eigenvalue weighted by atomic mass is 32.2. The number of ether oxygens (including phenoxy) is 1. The average molecular weight is 330 g/mol. The number of hydrogen-bond donors (Lipinski definition) is 1. The van der Waals surface area contributed by atoms with Crippen molar-refractivity contribution >= 4 is 27.5 Å². The first-order valence-electron chi connectivity index (χ1n) is 6.84. The van der Waals surface area contributed by atoms with Crippen LogP contribution in [0.15, 0.2) is 23.1 Å². The number of anilines is 1. The predicted octanol–water partition coefficient (Wildman–Crippen LogP) is 2.18. The van der Waals surface area contributed by atoms with Crippen molar-refractivity contribution in [3.63, 3.8) is 0 Å². The third-order valence-electron chi connectivity index (χ3n) is 3.63. The SMILES string of the molecule is COc1ccc(S(=O)(=O)N2CCSC(C)(C)CC2)c(N)c1. The van der Waals surface area contributed by atoms with Gasteiger partial charge in [0.2, 0.25) is 10.0 Å². The van der Waals surface area contributed by atoms with Gasteiger partial charge < -0.3 is 10.5 Å². The number of sulfonamides is 1. The van der Waals surface area contributed by atoms with E-state index in [1.165, 1.54) is 17.5 Å². The maximum atomic E-state index is 12.8. The zero-order valence-electron chi connectivity index (χ0n) is 12.6. The van der Waals surface area contributed by atoms with E-state index in [9.17, 15) is 8.42 Å². The predicted molar refractivity (Wildman–Crippen MR) is 87.3 cm³/mol. The molecule has 0 atom stereocenters. The maximum absolute atomic E-state index is 12.8. The molecule has 0 aromatic heterocycles. The number of nitrogen functional groups attached to an aromatic ring is 1. The standard InChI is InChI=1S/C14H22N2O3S2/c1-14(2)6-7-16(8-9-20-14)21(17,18)13-5-4-11(19-3)10-12(13)15/h4-5,10H,6-9,15H2,1-3H3. The Morgan fingerprint density at radius 3 is 2.67 bits per heavy atom. The van der Waals surface area contributed by atoms with Crippen molar-refractivity contribution in [2.75, 3.05) is 31.7 Å². The summed E-state index contributed by atoms with van der Waals surface area (Å²) in [6.45, 7) is 5.33. The van der Waals surface area contributed by atoms with Gasteiger partial charge in [0.1, 0.15) is 10.6 Å². The number of thioether (sulfide) groups is 1. The first kappa shape index (κ1) is 16.5. The van der Waals surface area contributed by atoms with Crippen molar-refractivity contribution in [3.05, 3.63) is 18.2 Å². The Labute approximate surface area is 130 Å². The van der Waals surface area contributed by atoms with Gasteiger partial charge in [-0.1, -0.05) is 13.8 Å². The molecule has 0 amide bonds. The zero-order valence-corrected chi connectivity index (χ0v) is 14.3. The molecule has 118 valence electrons. The molecule has 5 nitrogen and oxygen atoms in total. The summed E-state index contributed by atoms with van der Waals surface area (Å²) in [5, 5.41) is 0. The molecule has 0 aliphatic carbocycles. The quantitative estimate of drug-likeness (QED) is 0.860. The lowest BCUT2D eigenvalue weighted by atomic mass is 10.1. The summed E-state index contributed by atoms with van der Waals surface area (Å²) in [6.07, 6.45) is 0.826. The fraction of sp³-hybridized carbons (Fsp3) is 0.571. The van der Waals surface area contributed by atoms with Crippen LogP contribution in [0.1, 0.15) is 20.3 Å². The molecule has 2 rings (SSSR count). The van der Waals surface area contributed by atoms with Crippen LogP contribution in [-0.4, -0.2) is 43.4 Å². The molecule has 1 aromatic rings. The van der Waals surface area contributed by atoms with E-state index in [4.69, 9.17) is 10.5 Å². The lowest BCUT2D eigenvalue weighted by Crippen LogP contribution is -2.34. The van der Waals surface area contributed by atoms with E-state index in [-0.39, 0.29) is 15.3 Å². The van der Waals surface area contributed by atoms with Crippen LogP contribution in [-0.2, 0) is 10.0 Å². The number of nitrogens with zero attached hydrogens (tertiary/aromatic N) is 1. The second kappa shape index (κ2) is 6.06. The Balaban J connectivity index is 2.29. The van der Waals surface area contributed by atoms with Gasteiger partial charge in [-0.15, -0.1) is 0 Å². The van der Waals surface area contributed by atoms with Crippen LogP contribution in [0.3, 0.4) is 0 Å². The minimum Gasteiger partial charge on any atom is -0.497 e. The summed E-state index contributed by atoms with van der Waals surface area (Å²) in [4.78, 5) is 0.160. The first-order valence-corrected chi connectivity index (χ1v) is 9.26. The summed E-state index contributed by atoms with van der Waals surface area (Å²) in [5.74, 6) is 1.35. The molecule has 1 aromatic carbocycles. The van der Waals surface area contributed by atoms with Crippen LogP contribution in [0.5, 0.6) is 5.75 Å². The lowest BCUT2D eigenvalue weighted by Gasteiger charge is -2.23. The lowest BCUT2D eigenvalue weighted by molar-refractivity contribution is 0.412. The molecule has 21 heavy (non-hydrogen) atoms. The largest absolute Gasteiger partial charge is 0.497 e. The number of benzene rings is 1. The zero-order chi connectivity index (χ0) is 15.7. The van der Waals surface area contributed by atoms with Crippen LogP contribution < -0.4 is 10.5 Å². The van der Waals surface area contributed by atoms with E-state index in [0.29, 0.717) is 18.8 Å². The molecule has 0 spiro atoms. The van der Waals surface area contributed by atoms with Crippen LogP contribution in [0.4, 0.5) is 5.69 Å². The van der Waals surface area contributed by atoms with Crippen molar-refractivity contribution in [2.24, 2.45) is 0 Å². The van der Waals surface area contributed by atoms with Crippen LogP contribution >= 0.6 is 11.8 Å². The van der Waals surface area contributed by atoms with Gasteiger partial charge in [0.15, 0.2) is 0 Å². The molecule has 0 saturated carbocycles. The first-order chi connectivity index (χ1) is 9.76. The monoisotopic (exact) mass is 330 g/mol. The number of nitrogens with two attached hydrogens (primary N) is 1. The van der Waals surface area contributed by atoms with Gasteiger partial charge in [0.05, 0.1) is 12.8 Å². The molecule has 1 saturated heterocycles. The molecule has 1 aliphatic heterocycles. The minimum atomic E-state index is -3.55. The normalized spacial score (nSPS) is 20.0. The molecule has 0 radical (unpaired) electrons. The van der Waals surface area contributed by atoms with Gasteiger partial charge in [-0.05, 0) is 18.6 Å². The topological polar surface area (TPSA) is 72.6 Å². The van der Waals surface area contributed by atoms with Gasteiger partial charge in [-0.2, -0.15) is 16.1 Å². The summed E-state index contributed by atoms with van der Waals surface area (Å²) < 4.78 is 32.2. The molecule has 2 N–H and O–H groups in total. The van der Waals surface area contributed by atoms with Gasteiger partial charge in [-0.3, -0.25) is 0 Å². The summed E-state index contributed by atoms with van der Waals surface area (Å²) >= 11 is 1.81. The highest BCUT2D eigenvalue weighted by Crippen LogP contribution is 2.33. The fourth-order valence-corrected chi connectivity index (χ4v) is 5.02. The number of hydrogen-bond acceptors (Lipinski definition) is 5. The van der Waals surface area contributed by atoms with E-state index < -0.39 is 10.0 Å². The minimum absolute atomic E-state index is 0.107. The number of methoxy groups -OCH3 is 1. The molecule has 0 bridgehead atoms. The van der Waals surface area contributed by atoms with E-state index in [1.54, 1.807) is 12.1 Å². The maximum Gasteiger partial charge on any atom is 0.245 e. The van der Waals surface area contributed by atoms with E-state index >= 15 is 0 Å². The highest BCUT2D eigenvalue weighted by Gasteiger charge is 2.31. The van der Waals surface area contributed by atoms with Crippen LogP contribution in [0, 0.1) is 0 Å². The van der Waals surface area contributed by atoms with Crippen molar-refractivity contribution in [1.29, 1.82) is 0 Å². The fourth-order valence-electron chi connectivity index (χ4n) is 2.27. The average Bonchev–Trinajstić information content (AvgIpc) is 2.59. The molecule has 1 fully saturated rings. The third kappa shape index (κ3) is 3.64. The highest BCUT2D eigenvalue weighted by molar-refractivity contribution is 8.00. The van der Waals surface area contributed by atoms with Crippen molar-refractivity contribution < 1.29 is 13.2 Å². The van der Waals surface area contributed by atoms with Crippen molar-refractivity contribution in [3.8, 4) is 5.75 Å². The Kier molecular flexibility index (Phi) is 4.75. The van der Waals surface area contributed by atoms with E-state index in [1.807, 2.05) is 11.8 Å². The van der Waals surface area contributed by atoms with Gasteiger partial charge >= 0.3 is 0 Å². The Hall–Kier alpha value is -0.920. The summed E-state index contributed by atoms with van der Waals surface area (Å²) in [6, 6.07) is 4.69. The van der Waals surface area contributed by atoms with E-state index in [2.05, 4.69) is 13.8 Å². The molecular weight excluding hydrogens is 308 g/mol. The summed E-state index contributed by atoms with van der Waals surface area (Å²) in [7, 11) is -2.03. The van der Waals surface area contributed by atoms with E-state index in [0.717, 1.165) is 12.2 Å². The van der Waals surface area contributed by atoms with Gasteiger partial charge in [-0.25, -0.2) is 8.42 Å². The summed E-state index contributed by atoms with van der Waals surface area (Å²) in [5.41, 5.74) is 6.12. The van der Waals surface area contributed by atoms with Crippen LogP contribution in [0.25, 0.3) is 0 Å². The Bertz CT molecular complexity index is 615. The Morgan fingerprint density at radius 1 is 1.33 bits per heavy atom. The second-order valence-corrected chi connectivity index (χ2v) is 9.37. The molecule has 7 heteroatoms. The third-order valence-corrected chi connectivity index (χ3v) is 6.98. The smallest absolute Gasteiger partial charge is 0.245 e. The Morgan fingerprint density at radius 2 is 2.05 bits per heavy atom. The van der Waals surface area contributed by atoms with Crippen molar-refractivity contribution in [1.82, 2.24) is 4.31 Å². The second-order valence-electron chi connectivity index (χ2n) is 5.67. The van der Waals surface area contributed by atoms with Gasteiger partial charge in [0, 0.05) is 29.7 Å².